The van der Waals surface area contributed by atoms with Crippen LogP contribution in [0.25, 0.3) is 5.65 Å². The predicted molar refractivity (Wildman–Crippen MR) is 94.2 cm³/mol. The molecule has 0 radical (unpaired) electrons. The second-order valence-electron chi connectivity index (χ2n) is 6.21. The van der Waals surface area contributed by atoms with E-state index in [-0.39, 0.29) is 0 Å². The van der Waals surface area contributed by atoms with Gasteiger partial charge in [-0.2, -0.15) is 0 Å². The van der Waals surface area contributed by atoms with Crippen molar-refractivity contribution in [3.63, 3.8) is 0 Å². The van der Waals surface area contributed by atoms with Crippen LogP contribution in [0.5, 0.6) is 0 Å². The number of likely N-dealkylation sites (N-methyl/N-ethyl adjacent to an activating group) is 1. The first-order valence-electron chi connectivity index (χ1n) is 8.56. The number of guanidine groups is 1. The summed E-state index contributed by atoms with van der Waals surface area (Å²) >= 11 is 0. The number of hydrogen-bond acceptors (Lipinski definition) is 4. The molecule has 0 aliphatic heterocycles. The topological polar surface area (TPSA) is 67.0 Å². The largest absolute Gasteiger partial charge is 0.379 e. The van der Waals surface area contributed by atoms with E-state index in [4.69, 9.17) is 4.74 Å². The molecule has 2 aromatic rings. The van der Waals surface area contributed by atoms with E-state index < -0.39 is 0 Å². The number of aromatic nitrogens is 3. The lowest BCUT2D eigenvalue weighted by atomic mass is 10.4. The van der Waals surface area contributed by atoms with Crippen LogP contribution in [0.1, 0.15) is 18.7 Å². The lowest BCUT2D eigenvalue weighted by Crippen LogP contribution is -2.41. The molecule has 0 aromatic carbocycles. The van der Waals surface area contributed by atoms with Crippen LogP contribution in [-0.4, -0.2) is 65.9 Å². The smallest absolute Gasteiger partial charge is 0.193 e. The van der Waals surface area contributed by atoms with Crippen LogP contribution in [-0.2, 0) is 11.2 Å². The summed E-state index contributed by atoms with van der Waals surface area (Å²) in [5.74, 6) is 2.63. The van der Waals surface area contributed by atoms with Crippen molar-refractivity contribution in [3.05, 3.63) is 30.2 Å². The molecule has 0 saturated heterocycles. The molecule has 0 spiro atoms. The van der Waals surface area contributed by atoms with Gasteiger partial charge in [0.25, 0.3) is 0 Å². The highest BCUT2D eigenvalue weighted by Gasteiger charge is 2.21. The number of nitrogens with zero attached hydrogens (tertiary/aromatic N) is 5. The van der Waals surface area contributed by atoms with Gasteiger partial charge in [-0.25, -0.2) is 0 Å². The van der Waals surface area contributed by atoms with Crippen LogP contribution in [0.3, 0.4) is 0 Å². The molecule has 1 aliphatic carbocycles. The standard InChI is InChI=1S/C17H26N6O/c1-18-17(22(2)11-12-24-13-14-6-7-14)19-9-8-16-21-20-15-5-3-4-10-23(15)16/h3-5,10,14H,6-9,11-13H2,1-2H3,(H,18,19). The molecule has 1 N–H and O–H groups in total. The SMILES string of the molecule is CN=C(NCCc1nnc2ccccn12)N(C)CCOCC1CC1. The van der Waals surface area contributed by atoms with Gasteiger partial charge in [0, 0.05) is 46.4 Å². The van der Waals surface area contributed by atoms with Crippen molar-refractivity contribution in [2.24, 2.45) is 10.9 Å². The molecule has 1 saturated carbocycles. The minimum Gasteiger partial charge on any atom is -0.379 e. The van der Waals surface area contributed by atoms with Crippen molar-refractivity contribution in [3.8, 4) is 0 Å². The average molecular weight is 330 g/mol. The van der Waals surface area contributed by atoms with Crippen LogP contribution >= 0.6 is 0 Å². The van der Waals surface area contributed by atoms with Crippen molar-refractivity contribution in [2.75, 3.05) is 40.4 Å². The second kappa shape index (κ2) is 8.10. The lowest BCUT2D eigenvalue weighted by molar-refractivity contribution is 0.115. The third-order valence-corrected chi connectivity index (χ3v) is 4.21. The van der Waals surface area contributed by atoms with Gasteiger partial charge in [-0.1, -0.05) is 6.07 Å². The Hall–Kier alpha value is -2.15. The summed E-state index contributed by atoms with van der Waals surface area (Å²) in [5, 5.41) is 11.8. The molecule has 0 atom stereocenters. The normalized spacial score (nSPS) is 15.0. The van der Waals surface area contributed by atoms with E-state index in [9.17, 15) is 0 Å². The third-order valence-electron chi connectivity index (χ3n) is 4.21. The van der Waals surface area contributed by atoms with E-state index in [1.165, 1.54) is 12.8 Å². The van der Waals surface area contributed by atoms with Gasteiger partial charge >= 0.3 is 0 Å². The average Bonchev–Trinajstić information content (AvgIpc) is 3.35. The first-order chi connectivity index (χ1) is 11.8. The first kappa shape index (κ1) is 16.7. The van der Waals surface area contributed by atoms with Gasteiger partial charge in [0.15, 0.2) is 11.6 Å². The summed E-state index contributed by atoms with van der Waals surface area (Å²) in [4.78, 5) is 6.42. The Kier molecular flexibility index (Phi) is 5.63. The van der Waals surface area contributed by atoms with Gasteiger partial charge in [0.2, 0.25) is 0 Å². The highest BCUT2D eigenvalue weighted by molar-refractivity contribution is 5.79. The lowest BCUT2D eigenvalue weighted by Gasteiger charge is -2.21. The number of aliphatic imine (C=N–C) groups is 1. The molecule has 0 unspecified atom stereocenters. The minimum atomic E-state index is 0.739. The molecular weight excluding hydrogens is 304 g/mol. The summed E-state index contributed by atoms with van der Waals surface area (Å²) < 4.78 is 7.70. The summed E-state index contributed by atoms with van der Waals surface area (Å²) in [6.45, 7) is 3.23. The summed E-state index contributed by atoms with van der Waals surface area (Å²) in [5.41, 5.74) is 0.877. The number of ether oxygens (including phenoxy) is 1. The molecule has 0 amide bonds. The maximum absolute atomic E-state index is 5.69. The van der Waals surface area contributed by atoms with E-state index in [0.29, 0.717) is 0 Å². The van der Waals surface area contributed by atoms with E-state index in [2.05, 4.69) is 25.4 Å². The van der Waals surface area contributed by atoms with Crippen molar-refractivity contribution >= 4 is 11.6 Å². The van der Waals surface area contributed by atoms with Crippen molar-refractivity contribution in [1.29, 1.82) is 0 Å². The Morgan fingerprint density at radius 1 is 1.42 bits per heavy atom. The monoisotopic (exact) mass is 330 g/mol. The minimum absolute atomic E-state index is 0.739. The zero-order valence-electron chi connectivity index (χ0n) is 14.5. The van der Waals surface area contributed by atoms with Crippen LogP contribution < -0.4 is 5.32 Å². The number of pyridine rings is 1. The molecule has 2 heterocycles. The zero-order valence-corrected chi connectivity index (χ0v) is 14.5. The van der Waals surface area contributed by atoms with Gasteiger partial charge < -0.3 is 15.0 Å². The van der Waals surface area contributed by atoms with Crippen LogP contribution in [0.2, 0.25) is 0 Å². The molecule has 24 heavy (non-hydrogen) atoms. The van der Waals surface area contributed by atoms with Gasteiger partial charge in [-0.05, 0) is 30.9 Å². The van der Waals surface area contributed by atoms with Crippen molar-refractivity contribution in [2.45, 2.75) is 19.3 Å². The van der Waals surface area contributed by atoms with E-state index in [0.717, 1.165) is 56.1 Å². The van der Waals surface area contributed by atoms with Gasteiger partial charge in [-0.15, -0.1) is 10.2 Å². The highest BCUT2D eigenvalue weighted by Crippen LogP contribution is 2.28. The van der Waals surface area contributed by atoms with Crippen LogP contribution in [0.4, 0.5) is 0 Å². The maximum atomic E-state index is 5.69. The van der Waals surface area contributed by atoms with Gasteiger partial charge in [0.05, 0.1) is 6.61 Å². The number of fused-ring (bicyclic) bond motifs is 1. The first-order valence-corrected chi connectivity index (χ1v) is 8.56. The van der Waals surface area contributed by atoms with Crippen LogP contribution in [0, 0.1) is 5.92 Å². The highest BCUT2D eigenvalue weighted by atomic mass is 16.5. The molecule has 0 bridgehead atoms. The number of hydrogen-bond donors (Lipinski definition) is 1. The Morgan fingerprint density at radius 3 is 3.08 bits per heavy atom. The predicted octanol–water partition coefficient (Wildman–Crippen LogP) is 1.21. The van der Waals surface area contributed by atoms with E-state index in [1.807, 2.05) is 35.8 Å². The van der Waals surface area contributed by atoms with Crippen LogP contribution in [0.15, 0.2) is 29.4 Å². The molecule has 7 heteroatoms. The van der Waals surface area contributed by atoms with E-state index >= 15 is 0 Å². The van der Waals surface area contributed by atoms with Crippen molar-refractivity contribution in [1.82, 2.24) is 24.8 Å². The second-order valence-corrected chi connectivity index (χ2v) is 6.21. The summed E-state index contributed by atoms with van der Waals surface area (Å²) in [7, 11) is 3.83. The number of nitrogens with one attached hydrogen (secondary N) is 1. The molecule has 1 fully saturated rings. The molecule has 1 aliphatic rings. The quantitative estimate of drug-likeness (QED) is 0.448. The summed E-state index contributed by atoms with van der Waals surface area (Å²) in [6.07, 6.45) is 5.44. The fourth-order valence-electron chi connectivity index (χ4n) is 2.57. The fourth-order valence-corrected chi connectivity index (χ4v) is 2.57. The maximum Gasteiger partial charge on any atom is 0.193 e. The Labute approximate surface area is 142 Å². The molecule has 2 aromatic heterocycles. The van der Waals surface area contributed by atoms with Crippen molar-refractivity contribution < 1.29 is 4.74 Å². The summed E-state index contributed by atoms with van der Waals surface area (Å²) in [6, 6.07) is 5.91. The fraction of sp³-hybridized carbons (Fsp3) is 0.588. The molecular formula is C17H26N6O. The van der Waals surface area contributed by atoms with Gasteiger partial charge in [0.1, 0.15) is 5.82 Å². The Balaban J connectivity index is 1.41. The third kappa shape index (κ3) is 4.44. The molecule has 130 valence electrons. The Bertz CT molecular complexity index is 679. The molecule has 3 rings (SSSR count). The van der Waals surface area contributed by atoms with Gasteiger partial charge in [-0.3, -0.25) is 9.39 Å². The Morgan fingerprint density at radius 2 is 2.29 bits per heavy atom. The zero-order chi connectivity index (χ0) is 16.8. The van der Waals surface area contributed by atoms with E-state index in [1.54, 1.807) is 7.05 Å². The number of rotatable bonds is 8. The molecule has 7 nitrogen and oxygen atoms in total.